The number of hydrogen-bond donors (Lipinski definition) is 2. The van der Waals surface area contributed by atoms with Crippen LogP contribution < -0.4 is 15.8 Å². The van der Waals surface area contributed by atoms with E-state index < -0.39 is 5.60 Å². The second-order valence-electron chi connectivity index (χ2n) is 8.43. The molecule has 1 aliphatic heterocycles. The number of guanidine groups is 1. The minimum Gasteiger partial charge on any atom is -0.493 e. The number of rotatable bonds is 3. The molecule has 1 aromatic carbocycles. The van der Waals surface area contributed by atoms with Gasteiger partial charge in [0.05, 0.1) is 18.6 Å². The first-order valence-corrected chi connectivity index (χ1v) is 9.86. The zero-order valence-corrected chi connectivity index (χ0v) is 16.5. The molecule has 1 aromatic rings. The number of fused-ring (bicyclic) bond motifs is 1. The number of hydrogen-bond acceptors (Lipinski definition) is 4. The lowest BCUT2D eigenvalue weighted by Gasteiger charge is -2.30. The Bertz CT molecular complexity index is 688. The SMILES string of the molecule is CC(C)(C)OC(=O)C1CCC(NC(N)=NC2CCOc3ccccc32)CC1. The molecule has 1 aliphatic carbocycles. The van der Waals surface area contributed by atoms with Crippen molar-refractivity contribution in [3.63, 3.8) is 0 Å². The fraction of sp³-hybridized carbons (Fsp3) is 0.619. The zero-order chi connectivity index (χ0) is 19.4. The van der Waals surface area contributed by atoms with Gasteiger partial charge in [-0.25, -0.2) is 4.99 Å². The van der Waals surface area contributed by atoms with Gasteiger partial charge in [0, 0.05) is 18.0 Å². The molecule has 1 heterocycles. The monoisotopic (exact) mass is 373 g/mol. The van der Waals surface area contributed by atoms with Crippen molar-refractivity contribution in [1.82, 2.24) is 5.32 Å². The Hall–Kier alpha value is -2.24. The van der Waals surface area contributed by atoms with Crippen LogP contribution in [0.15, 0.2) is 29.3 Å². The van der Waals surface area contributed by atoms with Crippen LogP contribution in [-0.4, -0.2) is 30.2 Å². The maximum Gasteiger partial charge on any atom is 0.309 e. The lowest BCUT2D eigenvalue weighted by molar-refractivity contribution is -0.161. The molecule has 3 N–H and O–H groups in total. The predicted octanol–water partition coefficient (Wildman–Crippen LogP) is 3.32. The lowest BCUT2D eigenvalue weighted by Crippen LogP contribution is -2.43. The molecule has 1 unspecified atom stereocenters. The zero-order valence-electron chi connectivity index (χ0n) is 16.5. The van der Waals surface area contributed by atoms with E-state index in [9.17, 15) is 4.79 Å². The number of nitrogens with two attached hydrogens (primary N) is 1. The predicted molar refractivity (Wildman–Crippen MR) is 106 cm³/mol. The van der Waals surface area contributed by atoms with Gasteiger partial charge < -0.3 is 20.5 Å². The molecule has 0 aromatic heterocycles. The minimum absolute atomic E-state index is 0.0113. The van der Waals surface area contributed by atoms with Gasteiger partial charge in [0.1, 0.15) is 11.4 Å². The van der Waals surface area contributed by atoms with E-state index in [1.54, 1.807) is 0 Å². The van der Waals surface area contributed by atoms with Crippen molar-refractivity contribution in [1.29, 1.82) is 0 Å². The van der Waals surface area contributed by atoms with Crippen LogP contribution in [0.5, 0.6) is 5.75 Å². The third kappa shape index (κ3) is 5.37. The molecule has 0 spiro atoms. The van der Waals surface area contributed by atoms with Crippen molar-refractivity contribution < 1.29 is 14.3 Å². The summed E-state index contributed by atoms with van der Waals surface area (Å²) in [6.45, 7) is 6.37. The molecule has 1 fully saturated rings. The molecule has 0 bridgehead atoms. The van der Waals surface area contributed by atoms with Crippen molar-refractivity contribution in [3.05, 3.63) is 29.8 Å². The van der Waals surface area contributed by atoms with Crippen LogP contribution in [0.25, 0.3) is 0 Å². The van der Waals surface area contributed by atoms with Crippen LogP contribution in [0.4, 0.5) is 0 Å². The Morgan fingerprint density at radius 2 is 1.89 bits per heavy atom. The summed E-state index contributed by atoms with van der Waals surface area (Å²) in [6, 6.07) is 8.26. The number of aliphatic imine (C=N–C) groups is 1. The third-order valence-electron chi connectivity index (χ3n) is 5.04. The van der Waals surface area contributed by atoms with E-state index in [0.29, 0.717) is 12.6 Å². The minimum atomic E-state index is -0.427. The topological polar surface area (TPSA) is 85.9 Å². The highest BCUT2D eigenvalue weighted by Crippen LogP contribution is 2.34. The number of benzene rings is 1. The molecule has 2 aliphatic rings. The molecule has 1 saturated carbocycles. The first kappa shape index (κ1) is 19.5. The van der Waals surface area contributed by atoms with Gasteiger partial charge >= 0.3 is 5.97 Å². The van der Waals surface area contributed by atoms with Gasteiger partial charge in [0.25, 0.3) is 0 Å². The quantitative estimate of drug-likeness (QED) is 0.482. The summed E-state index contributed by atoms with van der Waals surface area (Å²) >= 11 is 0. The van der Waals surface area contributed by atoms with Crippen LogP contribution in [0.2, 0.25) is 0 Å². The van der Waals surface area contributed by atoms with E-state index in [-0.39, 0.29) is 24.0 Å². The Balaban J connectivity index is 1.52. The van der Waals surface area contributed by atoms with Crippen molar-refractivity contribution in [2.45, 2.75) is 70.6 Å². The number of nitrogens with one attached hydrogen (secondary N) is 1. The number of carbonyl (C=O) groups excluding carboxylic acids is 1. The number of ether oxygens (including phenoxy) is 2. The summed E-state index contributed by atoms with van der Waals surface area (Å²) in [6.07, 6.45) is 4.25. The summed E-state index contributed by atoms with van der Waals surface area (Å²) in [5.74, 6) is 1.27. The van der Waals surface area contributed by atoms with E-state index >= 15 is 0 Å². The number of nitrogens with zero attached hydrogens (tertiary/aromatic N) is 1. The second-order valence-corrected chi connectivity index (χ2v) is 8.43. The molecule has 0 saturated heterocycles. The van der Waals surface area contributed by atoms with Gasteiger partial charge in [0.15, 0.2) is 5.96 Å². The Morgan fingerprint density at radius 1 is 1.19 bits per heavy atom. The van der Waals surface area contributed by atoms with Gasteiger partial charge in [-0.15, -0.1) is 0 Å². The summed E-state index contributed by atoms with van der Waals surface area (Å²) in [4.78, 5) is 16.9. The van der Waals surface area contributed by atoms with Crippen molar-refractivity contribution in [2.75, 3.05) is 6.61 Å². The van der Waals surface area contributed by atoms with E-state index in [2.05, 4.69) is 10.3 Å². The Kier molecular flexibility index (Phi) is 5.92. The fourth-order valence-corrected chi connectivity index (χ4v) is 3.73. The highest BCUT2D eigenvalue weighted by Gasteiger charge is 2.30. The van der Waals surface area contributed by atoms with Crippen LogP contribution in [-0.2, 0) is 9.53 Å². The maximum absolute atomic E-state index is 12.2. The lowest BCUT2D eigenvalue weighted by atomic mass is 9.86. The van der Waals surface area contributed by atoms with Gasteiger partial charge in [-0.3, -0.25) is 4.79 Å². The first-order chi connectivity index (χ1) is 12.8. The van der Waals surface area contributed by atoms with Gasteiger partial charge in [-0.1, -0.05) is 18.2 Å². The molecule has 27 heavy (non-hydrogen) atoms. The second kappa shape index (κ2) is 8.19. The van der Waals surface area contributed by atoms with Crippen molar-refractivity contribution in [3.8, 4) is 5.75 Å². The average Bonchev–Trinajstić information content (AvgIpc) is 2.61. The van der Waals surface area contributed by atoms with Crippen LogP contribution >= 0.6 is 0 Å². The van der Waals surface area contributed by atoms with Gasteiger partial charge in [-0.05, 0) is 52.5 Å². The van der Waals surface area contributed by atoms with Crippen molar-refractivity contribution in [2.24, 2.45) is 16.6 Å². The Labute approximate surface area is 161 Å². The largest absolute Gasteiger partial charge is 0.493 e. The normalized spacial score (nSPS) is 25.9. The molecular weight excluding hydrogens is 342 g/mol. The van der Waals surface area contributed by atoms with E-state index in [1.165, 1.54) is 0 Å². The summed E-state index contributed by atoms with van der Waals surface area (Å²) in [5, 5.41) is 3.34. The van der Waals surface area contributed by atoms with Crippen LogP contribution in [0.3, 0.4) is 0 Å². The number of carbonyl (C=O) groups is 1. The summed E-state index contributed by atoms with van der Waals surface area (Å²) < 4.78 is 11.2. The van der Waals surface area contributed by atoms with Gasteiger partial charge in [0.2, 0.25) is 0 Å². The molecular formula is C21H31N3O3. The summed E-state index contributed by atoms with van der Waals surface area (Å²) in [5.41, 5.74) is 6.83. The first-order valence-electron chi connectivity index (χ1n) is 9.86. The van der Waals surface area contributed by atoms with E-state index in [0.717, 1.165) is 43.4 Å². The Morgan fingerprint density at radius 3 is 2.59 bits per heavy atom. The number of para-hydroxylation sites is 1. The van der Waals surface area contributed by atoms with Crippen molar-refractivity contribution >= 4 is 11.9 Å². The highest BCUT2D eigenvalue weighted by molar-refractivity contribution is 5.78. The molecule has 6 nitrogen and oxygen atoms in total. The standard InChI is InChI=1S/C21H31N3O3/c1-21(2,3)27-19(25)14-8-10-15(11-9-14)23-20(22)24-17-12-13-26-18-7-5-4-6-16(17)18/h4-7,14-15,17H,8-13H2,1-3H3,(H3,22,23,24). The molecule has 0 radical (unpaired) electrons. The maximum atomic E-state index is 12.2. The van der Waals surface area contributed by atoms with Crippen LogP contribution in [0.1, 0.15) is 64.5 Å². The molecule has 3 rings (SSSR count). The van der Waals surface area contributed by atoms with E-state index in [4.69, 9.17) is 15.2 Å². The highest BCUT2D eigenvalue weighted by atomic mass is 16.6. The van der Waals surface area contributed by atoms with Gasteiger partial charge in [-0.2, -0.15) is 0 Å². The summed E-state index contributed by atoms with van der Waals surface area (Å²) in [7, 11) is 0. The third-order valence-corrected chi connectivity index (χ3v) is 5.04. The average molecular weight is 373 g/mol. The fourth-order valence-electron chi connectivity index (χ4n) is 3.73. The smallest absolute Gasteiger partial charge is 0.309 e. The molecule has 1 atom stereocenters. The van der Waals surface area contributed by atoms with E-state index in [1.807, 2.05) is 45.0 Å². The number of esters is 1. The molecule has 0 amide bonds. The molecule has 6 heteroatoms. The molecule has 148 valence electrons. The van der Waals surface area contributed by atoms with Crippen LogP contribution in [0, 0.1) is 5.92 Å².